The van der Waals surface area contributed by atoms with Crippen LogP contribution in [0.15, 0.2) is 0 Å². The maximum Gasteiger partial charge on any atom is 0.335 e. The second-order valence-electron chi connectivity index (χ2n) is 7.08. The summed E-state index contributed by atoms with van der Waals surface area (Å²) in [5.41, 5.74) is -1.49. The quantitative estimate of drug-likeness (QED) is 0.318. The third-order valence-electron chi connectivity index (χ3n) is 4.79. The fourth-order valence-electron chi connectivity index (χ4n) is 3.09. The summed E-state index contributed by atoms with van der Waals surface area (Å²) >= 11 is 0. The fourth-order valence-corrected chi connectivity index (χ4v) is 3.09. The predicted molar refractivity (Wildman–Crippen MR) is 97.8 cm³/mol. The molecule has 0 aromatic heterocycles. The molecule has 0 aromatic rings. The van der Waals surface area contributed by atoms with Gasteiger partial charge in [0, 0.05) is 0 Å². The van der Waals surface area contributed by atoms with Gasteiger partial charge in [-0.15, -0.1) is 0 Å². The van der Waals surface area contributed by atoms with E-state index in [-0.39, 0.29) is 0 Å². The summed E-state index contributed by atoms with van der Waals surface area (Å²) in [6.07, 6.45) is 17.2. The molecule has 0 heterocycles. The number of aliphatic carboxylic acids is 1. The Morgan fingerprint density at radius 1 is 0.652 bits per heavy atom. The van der Waals surface area contributed by atoms with E-state index in [9.17, 15) is 15.0 Å². The van der Waals surface area contributed by atoms with Crippen molar-refractivity contribution < 1.29 is 15.0 Å². The molecule has 1 unspecified atom stereocenters. The van der Waals surface area contributed by atoms with E-state index in [2.05, 4.69) is 13.8 Å². The van der Waals surface area contributed by atoms with Crippen LogP contribution in [0.2, 0.25) is 0 Å². The molecule has 0 aliphatic carbocycles. The van der Waals surface area contributed by atoms with Crippen LogP contribution in [0.25, 0.3) is 0 Å². The Morgan fingerprint density at radius 3 is 1.30 bits per heavy atom. The Morgan fingerprint density at radius 2 is 0.957 bits per heavy atom. The van der Waals surface area contributed by atoms with Crippen LogP contribution in [0.3, 0.4) is 0 Å². The van der Waals surface area contributed by atoms with Crippen molar-refractivity contribution in [3.63, 3.8) is 0 Å². The van der Waals surface area contributed by atoms with Crippen molar-refractivity contribution in [3.8, 4) is 0 Å². The first-order valence-electron chi connectivity index (χ1n) is 10.0. The molecule has 0 aliphatic rings. The zero-order valence-electron chi connectivity index (χ0n) is 15.6. The predicted octanol–water partition coefficient (Wildman–Crippen LogP) is 6.08. The van der Waals surface area contributed by atoms with Gasteiger partial charge in [-0.3, -0.25) is 0 Å². The van der Waals surface area contributed by atoms with Crippen LogP contribution in [0.5, 0.6) is 0 Å². The van der Waals surface area contributed by atoms with Crippen molar-refractivity contribution >= 4 is 5.97 Å². The highest BCUT2D eigenvalue weighted by atomic mass is 16.4. The minimum atomic E-state index is -1.49. The lowest BCUT2D eigenvalue weighted by Gasteiger charge is -2.23. The van der Waals surface area contributed by atoms with Crippen LogP contribution in [0, 0.1) is 0 Å². The van der Waals surface area contributed by atoms with Crippen LogP contribution >= 0.6 is 0 Å². The standard InChI is InChI=1S/C20H40O3/c1-3-5-7-9-10-11-12-13-14-16-18-20(23,19(21)22)17-15-8-6-4-2/h23H,3-18H2,1-2H3,(H,21,22). The van der Waals surface area contributed by atoms with Gasteiger partial charge in [0.05, 0.1) is 0 Å². The lowest BCUT2D eigenvalue weighted by Crippen LogP contribution is -2.38. The Balaban J connectivity index is 3.65. The van der Waals surface area contributed by atoms with Crippen molar-refractivity contribution in [3.05, 3.63) is 0 Å². The maximum atomic E-state index is 11.3. The molecule has 1 atom stereocenters. The van der Waals surface area contributed by atoms with Gasteiger partial charge < -0.3 is 10.2 Å². The van der Waals surface area contributed by atoms with E-state index in [4.69, 9.17) is 0 Å². The average Bonchev–Trinajstić information content (AvgIpc) is 2.53. The van der Waals surface area contributed by atoms with E-state index in [1.54, 1.807) is 0 Å². The second kappa shape index (κ2) is 15.0. The maximum absolute atomic E-state index is 11.3. The molecule has 0 bridgehead atoms. The summed E-state index contributed by atoms with van der Waals surface area (Å²) in [5.74, 6) is -1.04. The molecular weight excluding hydrogens is 288 g/mol. The van der Waals surface area contributed by atoms with Crippen LogP contribution in [-0.4, -0.2) is 21.8 Å². The second-order valence-corrected chi connectivity index (χ2v) is 7.08. The number of carbonyl (C=O) groups is 1. The third-order valence-corrected chi connectivity index (χ3v) is 4.79. The first-order valence-corrected chi connectivity index (χ1v) is 10.0. The van der Waals surface area contributed by atoms with Crippen LogP contribution in [-0.2, 0) is 4.79 Å². The summed E-state index contributed by atoms with van der Waals surface area (Å²) in [6.45, 7) is 4.37. The molecule has 23 heavy (non-hydrogen) atoms. The number of aliphatic hydroxyl groups is 1. The zero-order chi connectivity index (χ0) is 17.4. The Hall–Kier alpha value is -0.570. The van der Waals surface area contributed by atoms with Gasteiger partial charge in [0.1, 0.15) is 0 Å². The number of rotatable bonds is 17. The number of unbranched alkanes of at least 4 members (excludes halogenated alkanes) is 12. The molecule has 0 radical (unpaired) electrons. The number of hydrogen-bond acceptors (Lipinski definition) is 2. The highest BCUT2D eigenvalue weighted by Crippen LogP contribution is 2.23. The van der Waals surface area contributed by atoms with Gasteiger partial charge in [-0.2, -0.15) is 0 Å². The smallest absolute Gasteiger partial charge is 0.335 e. The molecule has 0 rings (SSSR count). The highest BCUT2D eigenvalue weighted by Gasteiger charge is 2.34. The van der Waals surface area contributed by atoms with Gasteiger partial charge in [0.2, 0.25) is 0 Å². The van der Waals surface area contributed by atoms with Gasteiger partial charge in [-0.25, -0.2) is 4.79 Å². The molecule has 3 heteroatoms. The zero-order valence-corrected chi connectivity index (χ0v) is 15.6. The lowest BCUT2D eigenvalue weighted by atomic mass is 9.90. The van der Waals surface area contributed by atoms with Crippen molar-refractivity contribution in [2.45, 2.75) is 122 Å². The highest BCUT2D eigenvalue weighted by molar-refractivity contribution is 5.76. The third kappa shape index (κ3) is 12.5. The molecule has 3 nitrogen and oxygen atoms in total. The summed E-state index contributed by atoms with van der Waals surface area (Å²) in [6, 6.07) is 0. The number of carboxylic acids is 1. The molecule has 0 fully saturated rings. The van der Waals surface area contributed by atoms with Crippen molar-refractivity contribution in [2.75, 3.05) is 0 Å². The largest absolute Gasteiger partial charge is 0.479 e. The van der Waals surface area contributed by atoms with Gasteiger partial charge in [0.25, 0.3) is 0 Å². The number of carboxylic acid groups (broad SMARTS) is 1. The summed E-state index contributed by atoms with van der Waals surface area (Å²) in [7, 11) is 0. The Bertz CT molecular complexity index is 278. The normalized spacial score (nSPS) is 13.9. The van der Waals surface area contributed by atoms with E-state index in [1.165, 1.54) is 51.4 Å². The molecule has 0 saturated carbocycles. The van der Waals surface area contributed by atoms with Crippen molar-refractivity contribution in [2.24, 2.45) is 0 Å². The molecule has 0 amide bonds. The fraction of sp³-hybridized carbons (Fsp3) is 0.950. The monoisotopic (exact) mass is 328 g/mol. The minimum Gasteiger partial charge on any atom is -0.479 e. The summed E-state index contributed by atoms with van der Waals surface area (Å²) in [5, 5.41) is 19.6. The van der Waals surface area contributed by atoms with E-state index >= 15 is 0 Å². The van der Waals surface area contributed by atoms with E-state index in [0.717, 1.165) is 38.5 Å². The van der Waals surface area contributed by atoms with Crippen molar-refractivity contribution in [1.29, 1.82) is 0 Å². The van der Waals surface area contributed by atoms with Gasteiger partial charge in [0.15, 0.2) is 5.60 Å². The molecular formula is C20H40O3. The topological polar surface area (TPSA) is 57.5 Å². The first kappa shape index (κ1) is 22.4. The SMILES string of the molecule is CCCCCCCCCCCCC(O)(CCCCCC)C(=O)O. The van der Waals surface area contributed by atoms with Gasteiger partial charge in [-0.05, 0) is 25.7 Å². The van der Waals surface area contributed by atoms with Gasteiger partial charge in [-0.1, -0.05) is 90.9 Å². The average molecular weight is 329 g/mol. The van der Waals surface area contributed by atoms with E-state index in [1.807, 2.05) is 0 Å². The van der Waals surface area contributed by atoms with Crippen LogP contribution in [0.4, 0.5) is 0 Å². The van der Waals surface area contributed by atoms with Crippen LogP contribution in [0.1, 0.15) is 117 Å². The lowest BCUT2D eigenvalue weighted by molar-refractivity contribution is -0.160. The molecule has 138 valence electrons. The molecule has 0 aliphatic heterocycles. The summed E-state index contributed by atoms with van der Waals surface area (Å²) < 4.78 is 0. The van der Waals surface area contributed by atoms with Gasteiger partial charge >= 0.3 is 5.97 Å². The first-order chi connectivity index (χ1) is 11.1. The molecule has 0 spiro atoms. The number of hydrogen-bond donors (Lipinski definition) is 2. The van der Waals surface area contributed by atoms with E-state index in [0.29, 0.717) is 12.8 Å². The Kier molecular flexibility index (Phi) is 14.6. The molecule has 0 saturated heterocycles. The van der Waals surface area contributed by atoms with E-state index < -0.39 is 11.6 Å². The minimum absolute atomic E-state index is 0.403. The molecule has 2 N–H and O–H groups in total. The van der Waals surface area contributed by atoms with Crippen molar-refractivity contribution in [1.82, 2.24) is 0 Å². The Labute approximate surface area is 143 Å². The summed E-state index contributed by atoms with van der Waals surface area (Å²) in [4.78, 5) is 11.3. The van der Waals surface area contributed by atoms with Crippen LogP contribution < -0.4 is 0 Å². The molecule has 0 aromatic carbocycles.